The number of aromatic carboxylic acids is 1. The van der Waals surface area contributed by atoms with E-state index in [-0.39, 0.29) is 18.1 Å². The number of nitrogen functional groups attached to an aromatic ring is 2. The molecule has 11 nitrogen and oxygen atoms in total. The van der Waals surface area contributed by atoms with Crippen LogP contribution in [0.3, 0.4) is 0 Å². The highest BCUT2D eigenvalue weighted by molar-refractivity contribution is 8.72. The van der Waals surface area contributed by atoms with Crippen molar-refractivity contribution in [2.45, 2.75) is 51.4 Å². The lowest BCUT2D eigenvalue weighted by Crippen LogP contribution is -2.06. The number of carbonyl (C=O) groups excluding carboxylic acids is 1. The van der Waals surface area contributed by atoms with E-state index >= 15 is 0 Å². The summed E-state index contributed by atoms with van der Waals surface area (Å²) in [6, 6.07) is 12.7. The number of hydrogen-bond donors (Lipinski definition) is 4. The molecule has 0 unspecified atom stereocenters. The molecule has 2 aromatic carbocycles. The average molecular weight is 681 g/mol. The molecule has 0 fully saturated rings. The molecule has 0 radical (unpaired) electrons. The maximum Gasteiger partial charge on any atom is 0.338 e. The summed E-state index contributed by atoms with van der Waals surface area (Å²) in [5.41, 5.74) is 12.8. The molecule has 43 heavy (non-hydrogen) atoms. The number of aliphatic hydroxyl groups excluding tert-OH is 1. The lowest BCUT2D eigenvalue weighted by molar-refractivity contribution is 0.0497. The van der Waals surface area contributed by atoms with Gasteiger partial charge in [-0.25, -0.2) is 26.4 Å². The summed E-state index contributed by atoms with van der Waals surface area (Å²) in [4.78, 5) is 21.9. The second kappa shape index (κ2) is 23.0. The van der Waals surface area contributed by atoms with Gasteiger partial charge >= 0.3 is 11.9 Å². The summed E-state index contributed by atoms with van der Waals surface area (Å²) in [7, 11) is -3.80. The Morgan fingerprint density at radius 2 is 1.07 bits per heavy atom. The molecule has 2 aromatic rings. The van der Waals surface area contributed by atoms with E-state index in [1.165, 1.54) is 24.6 Å². The first kappa shape index (κ1) is 40.5. The number of nitrogens with two attached hydrogens (primary N) is 2. The molecule has 0 aliphatic carbocycles. The molecule has 0 saturated heterocycles. The van der Waals surface area contributed by atoms with Crippen LogP contribution < -0.4 is 11.5 Å². The standard InChI is InChI=1S/C14H21NO4S2.C7H7NO2.C7H16O3S2/c1-21(17,18)20-11-5-3-2-4-10-19-14(16)12-6-8-13(15)9-7-12;8-6-3-1-5(2-4-6)7(9)10;1-12(9,10)11-7-5-3-2-4-6-8/h6-9H,2-5,10-11,15H2,1H3;1-4H,8H2,(H,9,10);8H,2-7H2,1H3. The summed E-state index contributed by atoms with van der Waals surface area (Å²) in [5, 5.41) is 16.9. The van der Waals surface area contributed by atoms with Crippen LogP contribution in [-0.4, -0.2) is 76.2 Å². The maximum atomic E-state index is 11.7. The van der Waals surface area contributed by atoms with E-state index in [1.54, 1.807) is 36.4 Å². The number of unbranched alkanes of at least 4 members (excludes halogenated alkanes) is 6. The number of carboxylic acids is 1. The predicted molar refractivity (Wildman–Crippen MR) is 178 cm³/mol. The van der Waals surface area contributed by atoms with Crippen molar-refractivity contribution in [3.63, 3.8) is 0 Å². The number of hydrogen-bond acceptors (Lipinski definition) is 12. The summed E-state index contributed by atoms with van der Waals surface area (Å²) in [5.74, 6) is 0.0107. The zero-order valence-corrected chi connectivity index (χ0v) is 27.9. The molecular formula is C28H44N2O9S4. The predicted octanol–water partition coefficient (Wildman–Crippen LogP) is 4.88. The van der Waals surface area contributed by atoms with Gasteiger partial charge in [0.2, 0.25) is 0 Å². The Bertz CT molecular complexity index is 1270. The molecule has 0 aliphatic heterocycles. The first-order chi connectivity index (χ1) is 20.1. The van der Waals surface area contributed by atoms with Gasteiger partial charge in [-0.2, -0.15) is 0 Å². The molecule has 0 heterocycles. The monoisotopic (exact) mass is 680 g/mol. The summed E-state index contributed by atoms with van der Waals surface area (Å²) < 4.78 is 48.2. The fourth-order valence-corrected chi connectivity index (χ4v) is 6.81. The van der Waals surface area contributed by atoms with Crippen molar-refractivity contribution in [2.24, 2.45) is 0 Å². The van der Waals surface area contributed by atoms with Gasteiger partial charge in [-0.1, -0.05) is 25.7 Å². The largest absolute Gasteiger partial charge is 0.478 e. The summed E-state index contributed by atoms with van der Waals surface area (Å²) in [6.07, 6.45) is 9.65. The Hall–Kier alpha value is -2.46. The van der Waals surface area contributed by atoms with E-state index in [2.05, 4.69) is 0 Å². The Labute approximate surface area is 262 Å². The van der Waals surface area contributed by atoms with Crippen LogP contribution in [0.1, 0.15) is 72.1 Å². The molecule has 0 aromatic heterocycles. The van der Waals surface area contributed by atoms with Crippen LogP contribution in [0, 0.1) is 0 Å². The highest BCUT2D eigenvalue weighted by atomic mass is 33.1. The first-order valence-electron chi connectivity index (χ1n) is 13.6. The van der Waals surface area contributed by atoms with Crippen LogP contribution in [0.5, 0.6) is 0 Å². The fourth-order valence-electron chi connectivity index (χ4n) is 3.04. The average Bonchev–Trinajstić information content (AvgIpc) is 2.92. The Morgan fingerprint density at radius 1 is 0.674 bits per heavy atom. The number of anilines is 2. The van der Waals surface area contributed by atoms with E-state index in [1.807, 2.05) is 0 Å². The van der Waals surface area contributed by atoms with Crippen molar-refractivity contribution < 1.29 is 41.4 Å². The Morgan fingerprint density at radius 3 is 1.47 bits per heavy atom. The van der Waals surface area contributed by atoms with Crippen LogP contribution in [0.4, 0.5) is 11.4 Å². The summed E-state index contributed by atoms with van der Waals surface area (Å²) in [6.45, 7) is 0.613. The lowest BCUT2D eigenvalue weighted by Gasteiger charge is -2.05. The van der Waals surface area contributed by atoms with Gasteiger partial charge in [0, 0.05) is 42.0 Å². The van der Waals surface area contributed by atoms with Crippen LogP contribution in [0.2, 0.25) is 0 Å². The minimum absolute atomic E-state index is 0.235. The van der Waals surface area contributed by atoms with Gasteiger partial charge in [-0.05, 0) is 95.8 Å². The quantitative estimate of drug-likeness (QED) is 0.0762. The minimum atomic E-state index is -2.93. The van der Waals surface area contributed by atoms with Crippen molar-refractivity contribution in [3.05, 3.63) is 59.7 Å². The molecule has 2 rings (SSSR count). The zero-order chi connectivity index (χ0) is 32.7. The fraction of sp³-hybridized carbons (Fsp3) is 0.500. The number of carboxylic acid groups (broad SMARTS) is 1. The van der Waals surface area contributed by atoms with Gasteiger partial charge in [0.25, 0.3) is 0 Å². The van der Waals surface area contributed by atoms with Crippen molar-refractivity contribution >= 4 is 62.6 Å². The molecule has 6 N–H and O–H groups in total. The molecule has 15 heteroatoms. The third-order valence-electron chi connectivity index (χ3n) is 5.22. The second-order valence-electron chi connectivity index (χ2n) is 9.29. The number of esters is 1. The van der Waals surface area contributed by atoms with Crippen LogP contribution in [0.25, 0.3) is 0 Å². The van der Waals surface area contributed by atoms with Crippen molar-refractivity contribution in [3.8, 4) is 0 Å². The lowest BCUT2D eigenvalue weighted by atomic mass is 10.2. The van der Waals surface area contributed by atoms with Gasteiger partial charge in [-0.3, -0.25) is 0 Å². The third-order valence-corrected chi connectivity index (χ3v) is 10.6. The Kier molecular flexibility index (Phi) is 21.7. The minimum Gasteiger partial charge on any atom is -0.478 e. The molecule has 0 amide bonds. The number of benzene rings is 2. The normalized spacial score (nSPS) is 11.0. The maximum absolute atomic E-state index is 11.7. The Balaban J connectivity index is 0.000000677. The number of ether oxygens (including phenoxy) is 1. The van der Waals surface area contributed by atoms with E-state index in [9.17, 15) is 26.4 Å². The van der Waals surface area contributed by atoms with Crippen molar-refractivity contribution in [1.82, 2.24) is 0 Å². The molecule has 0 aliphatic rings. The number of carbonyl (C=O) groups is 2. The molecule has 0 atom stereocenters. The number of rotatable bonds is 17. The van der Waals surface area contributed by atoms with E-state index in [4.69, 9.17) is 26.4 Å². The second-order valence-corrected chi connectivity index (χ2v) is 18.4. The topological polar surface area (TPSA) is 204 Å². The van der Waals surface area contributed by atoms with Crippen molar-refractivity contribution in [1.29, 1.82) is 0 Å². The van der Waals surface area contributed by atoms with E-state index in [0.717, 1.165) is 73.0 Å². The molecule has 0 bridgehead atoms. The highest BCUT2D eigenvalue weighted by Gasteiger charge is 2.06. The van der Waals surface area contributed by atoms with Gasteiger partial charge < -0.3 is 26.4 Å². The van der Waals surface area contributed by atoms with Crippen LogP contribution in [0.15, 0.2) is 48.5 Å². The molecule has 0 saturated carbocycles. The van der Waals surface area contributed by atoms with Crippen molar-refractivity contribution in [2.75, 3.05) is 48.7 Å². The summed E-state index contributed by atoms with van der Waals surface area (Å²) >= 11 is 0. The highest BCUT2D eigenvalue weighted by Crippen LogP contribution is 2.14. The zero-order valence-electron chi connectivity index (χ0n) is 24.6. The van der Waals surface area contributed by atoms with Gasteiger partial charge in [0.1, 0.15) is 0 Å². The molecule has 244 valence electrons. The van der Waals surface area contributed by atoms with Crippen LogP contribution in [-0.2, 0) is 22.5 Å². The van der Waals surface area contributed by atoms with E-state index in [0.29, 0.717) is 35.1 Å². The van der Waals surface area contributed by atoms with Crippen LogP contribution >= 0.6 is 21.6 Å². The van der Waals surface area contributed by atoms with Gasteiger partial charge in [0.05, 0.1) is 17.7 Å². The smallest absolute Gasteiger partial charge is 0.338 e. The van der Waals surface area contributed by atoms with E-state index < -0.39 is 23.7 Å². The first-order valence-corrected chi connectivity index (χ1v) is 20.3. The third kappa shape index (κ3) is 25.7. The SMILES string of the molecule is CS(=O)(=O)SCCCCCCO.CS(=O)(=O)SCCCCCCOC(=O)c1ccc(N)cc1.Nc1ccc(C(=O)O)cc1. The molecular weight excluding hydrogens is 637 g/mol. The van der Waals surface area contributed by atoms with Gasteiger partial charge in [-0.15, -0.1) is 0 Å². The van der Waals surface area contributed by atoms with Gasteiger partial charge in [0.15, 0.2) is 17.7 Å². The molecule has 0 spiro atoms. The number of aliphatic hydroxyl groups is 1.